The fourth-order valence-corrected chi connectivity index (χ4v) is 4.06. The molecule has 24 heavy (non-hydrogen) atoms. The quantitative estimate of drug-likeness (QED) is 0.721. The molecule has 0 saturated heterocycles. The minimum atomic E-state index is 0. The van der Waals surface area contributed by atoms with Gasteiger partial charge in [-0.25, -0.2) is 9.97 Å². The summed E-state index contributed by atoms with van der Waals surface area (Å²) in [6.45, 7) is 0. The van der Waals surface area contributed by atoms with Gasteiger partial charge in [-0.1, -0.05) is 30.3 Å². The van der Waals surface area contributed by atoms with Gasteiger partial charge in [0.25, 0.3) is 0 Å². The van der Waals surface area contributed by atoms with Gasteiger partial charge in [-0.15, -0.1) is 36.2 Å². The topological polar surface area (TPSA) is 56.7 Å². The molecule has 2 N–H and O–H groups in total. The molecule has 2 aromatic heterocycles. The van der Waals surface area contributed by atoms with Crippen molar-refractivity contribution in [1.29, 1.82) is 0 Å². The highest BCUT2D eigenvalue weighted by Crippen LogP contribution is 2.36. The van der Waals surface area contributed by atoms with Crippen LogP contribution < -0.4 is 5.73 Å². The molecule has 1 aliphatic carbocycles. The molecule has 1 saturated carbocycles. The lowest BCUT2D eigenvalue weighted by Crippen LogP contribution is -2.16. The molecule has 7 heteroatoms. The van der Waals surface area contributed by atoms with Gasteiger partial charge in [-0.3, -0.25) is 0 Å². The summed E-state index contributed by atoms with van der Waals surface area (Å²) in [5, 5.41) is 1.04. The zero-order chi connectivity index (χ0) is 14.9. The summed E-state index contributed by atoms with van der Waals surface area (Å²) < 4.78 is 2.27. The van der Waals surface area contributed by atoms with Crippen LogP contribution in [0.2, 0.25) is 0 Å². The molecular formula is C17H20Cl2N4S. The van der Waals surface area contributed by atoms with Gasteiger partial charge in [0.1, 0.15) is 5.01 Å². The summed E-state index contributed by atoms with van der Waals surface area (Å²) in [5.74, 6) is 1.01. The van der Waals surface area contributed by atoms with Crippen LogP contribution in [0.5, 0.6) is 0 Å². The molecular weight excluding hydrogens is 363 g/mol. The van der Waals surface area contributed by atoms with Gasteiger partial charge in [-0.2, -0.15) is 0 Å². The average molecular weight is 383 g/mol. The van der Waals surface area contributed by atoms with Crippen molar-refractivity contribution in [2.75, 3.05) is 0 Å². The molecule has 0 bridgehead atoms. The molecule has 2 atom stereocenters. The largest absolute Gasteiger partial charge is 0.328 e. The maximum atomic E-state index is 6.06. The van der Waals surface area contributed by atoms with Crippen molar-refractivity contribution in [2.24, 2.45) is 5.73 Å². The third kappa shape index (κ3) is 3.64. The van der Waals surface area contributed by atoms with Gasteiger partial charge in [0.15, 0.2) is 5.82 Å². The van der Waals surface area contributed by atoms with E-state index in [9.17, 15) is 0 Å². The van der Waals surface area contributed by atoms with E-state index in [1.165, 1.54) is 0 Å². The van der Waals surface area contributed by atoms with Crippen LogP contribution in [-0.4, -0.2) is 20.6 Å². The Morgan fingerprint density at radius 2 is 1.88 bits per heavy atom. The molecule has 1 aromatic carbocycles. The lowest BCUT2D eigenvalue weighted by atomic mass is 10.2. The molecule has 4 nitrogen and oxygen atoms in total. The van der Waals surface area contributed by atoms with E-state index in [-0.39, 0.29) is 24.8 Å². The second kappa shape index (κ2) is 8.12. The Kier molecular flexibility index (Phi) is 6.40. The average Bonchev–Trinajstić information content (AvgIpc) is 3.27. The molecule has 4 rings (SSSR count). The Morgan fingerprint density at radius 1 is 1.08 bits per heavy atom. The summed E-state index contributed by atoms with van der Waals surface area (Å²) in [6.07, 6.45) is 9.14. The second-order valence-electron chi connectivity index (χ2n) is 5.78. The minimum absolute atomic E-state index is 0. The first kappa shape index (κ1) is 18.9. The molecule has 2 heterocycles. The molecule has 0 unspecified atom stereocenters. The lowest BCUT2D eigenvalue weighted by Gasteiger charge is -2.14. The van der Waals surface area contributed by atoms with E-state index in [1.54, 1.807) is 11.3 Å². The molecule has 0 aliphatic heterocycles. The molecule has 1 fully saturated rings. The van der Waals surface area contributed by atoms with E-state index in [0.717, 1.165) is 40.5 Å². The van der Waals surface area contributed by atoms with Crippen molar-refractivity contribution in [3.63, 3.8) is 0 Å². The summed E-state index contributed by atoms with van der Waals surface area (Å²) in [4.78, 5) is 10.2. The van der Waals surface area contributed by atoms with Crippen LogP contribution >= 0.6 is 36.2 Å². The third-order valence-electron chi connectivity index (χ3n) is 4.25. The number of nitrogens with zero attached hydrogens (tertiary/aromatic N) is 3. The van der Waals surface area contributed by atoms with Crippen LogP contribution in [0.15, 0.2) is 48.9 Å². The minimum Gasteiger partial charge on any atom is -0.328 e. The Balaban J connectivity index is 0.00000104. The van der Waals surface area contributed by atoms with Crippen LogP contribution in [0.1, 0.15) is 25.3 Å². The predicted molar refractivity (Wildman–Crippen MR) is 104 cm³/mol. The molecule has 0 radical (unpaired) electrons. The smallest absolute Gasteiger partial charge is 0.151 e. The number of benzene rings is 1. The van der Waals surface area contributed by atoms with Crippen LogP contribution in [0.25, 0.3) is 21.3 Å². The summed E-state index contributed by atoms with van der Waals surface area (Å²) in [5.41, 5.74) is 7.21. The zero-order valence-corrected chi connectivity index (χ0v) is 15.5. The summed E-state index contributed by atoms with van der Waals surface area (Å²) >= 11 is 1.69. The van der Waals surface area contributed by atoms with Gasteiger partial charge in [-0.05, 0) is 19.3 Å². The molecule has 3 aromatic rings. The lowest BCUT2D eigenvalue weighted by molar-refractivity contribution is 0.515. The highest BCUT2D eigenvalue weighted by atomic mass is 35.5. The fraction of sp³-hybridized carbons (Fsp3) is 0.294. The first-order valence-corrected chi connectivity index (χ1v) is 8.43. The summed E-state index contributed by atoms with van der Waals surface area (Å²) in [6, 6.07) is 11.1. The van der Waals surface area contributed by atoms with Gasteiger partial charge < -0.3 is 10.3 Å². The molecule has 0 amide bonds. The number of hydrogen-bond donors (Lipinski definition) is 1. The number of hydrogen-bond acceptors (Lipinski definition) is 4. The van der Waals surface area contributed by atoms with Crippen LogP contribution in [0.3, 0.4) is 0 Å². The maximum absolute atomic E-state index is 6.06. The molecule has 1 aliphatic rings. The standard InChI is InChI=1S/C17H18N4S.2ClH/c18-13-6-7-14(10-13)21-9-8-19-16(21)15-11-20-17(22-15)12-4-2-1-3-5-12;;/h1-5,8-9,11,13-14H,6-7,10,18H2;2*1H/t13-,14+;;/m0../s1. The predicted octanol–water partition coefficient (Wildman–Crippen LogP) is 4.57. The van der Waals surface area contributed by atoms with Crippen LogP contribution in [0.4, 0.5) is 0 Å². The molecule has 128 valence electrons. The Morgan fingerprint density at radius 3 is 2.58 bits per heavy atom. The summed E-state index contributed by atoms with van der Waals surface area (Å²) in [7, 11) is 0. The van der Waals surface area contributed by atoms with E-state index < -0.39 is 0 Å². The van der Waals surface area contributed by atoms with Crippen molar-refractivity contribution < 1.29 is 0 Å². The normalized spacial score (nSPS) is 19.5. The van der Waals surface area contributed by atoms with E-state index in [4.69, 9.17) is 5.73 Å². The Hall–Kier alpha value is -1.40. The fourth-order valence-electron chi connectivity index (χ4n) is 3.13. The van der Waals surface area contributed by atoms with Gasteiger partial charge in [0.2, 0.25) is 0 Å². The highest BCUT2D eigenvalue weighted by molar-refractivity contribution is 7.18. The SMILES string of the molecule is Cl.Cl.N[C@H]1CC[C@@H](n2ccnc2-c2cnc(-c3ccccc3)s2)C1. The third-order valence-corrected chi connectivity index (χ3v) is 5.30. The van der Waals surface area contributed by atoms with Crippen molar-refractivity contribution in [3.8, 4) is 21.3 Å². The maximum Gasteiger partial charge on any atom is 0.151 e. The Bertz CT molecular complexity index is 772. The van der Waals surface area contributed by atoms with E-state index in [1.807, 2.05) is 30.6 Å². The highest BCUT2D eigenvalue weighted by Gasteiger charge is 2.25. The van der Waals surface area contributed by atoms with Crippen molar-refractivity contribution in [3.05, 3.63) is 48.9 Å². The van der Waals surface area contributed by atoms with Crippen LogP contribution in [0, 0.1) is 0 Å². The number of halogens is 2. The van der Waals surface area contributed by atoms with Crippen molar-refractivity contribution in [1.82, 2.24) is 14.5 Å². The van der Waals surface area contributed by atoms with E-state index in [0.29, 0.717) is 12.1 Å². The monoisotopic (exact) mass is 382 g/mol. The van der Waals surface area contributed by atoms with Crippen LogP contribution in [-0.2, 0) is 0 Å². The number of thiazole rings is 1. The van der Waals surface area contributed by atoms with Gasteiger partial charge in [0.05, 0.1) is 4.88 Å². The number of rotatable bonds is 3. The van der Waals surface area contributed by atoms with Gasteiger partial charge >= 0.3 is 0 Å². The van der Waals surface area contributed by atoms with Gasteiger partial charge in [0, 0.05) is 36.2 Å². The van der Waals surface area contributed by atoms with E-state index >= 15 is 0 Å². The number of imidazole rings is 1. The first-order chi connectivity index (χ1) is 10.8. The van der Waals surface area contributed by atoms with E-state index in [2.05, 4.69) is 32.9 Å². The number of aromatic nitrogens is 3. The molecule has 0 spiro atoms. The Labute approximate surface area is 158 Å². The second-order valence-corrected chi connectivity index (χ2v) is 6.81. The van der Waals surface area contributed by atoms with Crippen molar-refractivity contribution >= 4 is 36.2 Å². The zero-order valence-electron chi connectivity index (χ0n) is 13.0. The van der Waals surface area contributed by atoms with Crippen molar-refractivity contribution in [2.45, 2.75) is 31.3 Å². The number of nitrogens with two attached hydrogens (primary N) is 1. The first-order valence-electron chi connectivity index (χ1n) is 7.61.